The normalized spacial score (nSPS) is 17.2. The van der Waals surface area contributed by atoms with Crippen molar-refractivity contribution < 1.29 is 19.2 Å². The molecule has 2 aromatic rings. The van der Waals surface area contributed by atoms with Crippen LogP contribution in [0.2, 0.25) is 0 Å². The van der Waals surface area contributed by atoms with Gasteiger partial charge in [0.15, 0.2) is 12.1 Å². The largest absolute Gasteiger partial charge is 0.350 e. The second-order valence-electron chi connectivity index (χ2n) is 6.39. The van der Waals surface area contributed by atoms with Crippen molar-refractivity contribution in [1.82, 2.24) is 15.0 Å². The summed E-state index contributed by atoms with van der Waals surface area (Å²) in [6.07, 6.45) is 11.9. The Balaban J connectivity index is 1.55. The van der Waals surface area contributed by atoms with Crippen molar-refractivity contribution in [2.24, 2.45) is 7.05 Å². The number of pyridine rings is 1. The van der Waals surface area contributed by atoms with Crippen LogP contribution in [0.3, 0.4) is 0 Å². The van der Waals surface area contributed by atoms with Gasteiger partial charge in [0.05, 0.1) is 0 Å². The van der Waals surface area contributed by atoms with Gasteiger partial charge in [-0.05, 0) is 55.3 Å². The van der Waals surface area contributed by atoms with Crippen LogP contribution in [0.1, 0.15) is 41.0 Å². The number of amides is 1. The Hall–Kier alpha value is -3.03. The number of hydrogen-bond donors (Lipinski definition) is 1. The second kappa shape index (κ2) is 9.77. The third-order valence-corrected chi connectivity index (χ3v) is 4.39. The minimum Gasteiger partial charge on any atom is -0.350 e. The number of hydrogen-bond acceptors (Lipinski definition) is 5. The number of allylic oxidation sites excluding steroid dienone is 1. The molecule has 28 heavy (non-hydrogen) atoms. The molecule has 1 aliphatic heterocycles. The molecule has 0 aliphatic carbocycles. The Morgan fingerprint density at radius 2 is 2.00 bits per heavy atom. The first kappa shape index (κ1) is 19.7. The summed E-state index contributed by atoms with van der Waals surface area (Å²) in [6, 6.07) is 7.18. The lowest BCUT2D eigenvalue weighted by Crippen LogP contribution is -2.32. The predicted molar refractivity (Wildman–Crippen MR) is 105 cm³/mol. The number of nitrogens with one attached hydrogen (secondary N) is 1. The summed E-state index contributed by atoms with van der Waals surface area (Å²) in [4.78, 5) is 33.2. The van der Waals surface area contributed by atoms with E-state index in [1.54, 1.807) is 30.5 Å². The highest BCUT2D eigenvalue weighted by Gasteiger charge is 2.15. The zero-order valence-corrected chi connectivity index (χ0v) is 15.7. The topological polar surface area (TPSA) is 82.5 Å². The number of carbonyl (C=O) groups excluding carboxylic acids is 2. The van der Waals surface area contributed by atoms with Gasteiger partial charge in [-0.25, -0.2) is 10.3 Å². The molecule has 0 spiro atoms. The Kier molecular flexibility index (Phi) is 6.89. The number of ketones is 1. The zero-order valence-electron chi connectivity index (χ0n) is 15.7. The van der Waals surface area contributed by atoms with Crippen LogP contribution < -0.4 is 5.48 Å². The highest BCUT2D eigenvalue weighted by Crippen LogP contribution is 2.13. The summed E-state index contributed by atoms with van der Waals surface area (Å²) in [5.74, 6) is -0.480. The van der Waals surface area contributed by atoms with E-state index < -0.39 is 0 Å². The molecule has 0 bridgehead atoms. The third-order valence-electron chi connectivity index (χ3n) is 4.39. The van der Waals surface area contributed by atoms with E-state index in [0.717, 1.165) is 30.7 Å². The number of aromatic nitrogens is 2. The summed E-state index contributed by atoms with van der Waals surface area (Å²) in [5.41, 5.74) is 4.57. The quantitative estimate of drug-likeness (QED) is 0.453. The van der Waals surface area contributed by atoms with E-state index >= 15 is 0 Å². The first-order valence-corrected chi connectivity index (χ1v) is 9.17. The fraction of sp³-hybridized carbons (Fsp3) is 0.286. The summed E-state index contributed by atoms with van der Waals surface area (Å²) in [7, 11) is 1.86. The van der Waals surface area contributed by atoms with Gasteiger partial charge in [-0.15, -0.1) is 0 Å². The van der Waals surface area contributed by atoms with Crippen LogP contribution >= 0.6 is 0 Å². The molecule has 1 atom stereocenters. The van der Waals surface area contributed by atoms with E-state index in [2.05, 4.69) is 10.5 Å². The fourth-order valence-electron chi connectivity index (χ4n) is 2.77. The minimum absolute atomic E-state index is 0.118. The molecule has 2 aromatic heterocycles. The Morgan fingerprint density at radius 3 is 2.68 bits per heavy atom. The standard InChI is InChI=1S/C21H23N3O4/c1-24-17(9-11-19(25)16-5-4-13-22-15-16)7-8-18(24)10-12-20(26)23-28-21-6-2-3-14-27-21/h4-5,7-13,15,21H,2-3,6,14H2,1H3,(H,23,26)/b11-9+,12-10+. The molecular weight excluding hydrogens is 358 g/mol. The van der Waals surface area contributed by atoms with Crippen molar-refractivity contribution in [2.45, 2.75) is 25.6 Å². The zero-order chi connectivity index (χ0) is 19.8. The first-order chi connectivity index (χ1) is 13.6. The van der Waals surface area contributed by atoms with Crippen LogP contribution in [-0.2, 0) is 21.4 Å². The predicted octanol–water partition coefficient (Wildman–Crippen LogP) is 2.90. The summed E-state index contributed by atoms with van der Waals surface area (Å²) in [6.45, 7) is 0.652. The average molecular weight is 381 g/mol. The molecule has 7 heteroatoms. The van der Waals surface area contributed by atoms with E-state index in [1.165, 1.54) is 18.3 Å². The SMILES string of the molecule is Cn1c(/C=C/C(=O)NOC2CCCCO2)ccc1/C=C/C(=O)c1cccnc1. The number of carbonyl (C=O) groups is 2. The van der Waals surface area contributed by atoms with Gasteiger partial charge in [0.25, 0.3) is 5.91 Å². The van der Waals surface area contributed by atoms with Crippen molar-refractivity contribution in [3.05, 3.63) is 65.8 Å². The molecule has 1 aliphatic rings. The van der Waals surface area contributed by atoms with E-state index in [1.807, 2.05) is 23.7 Å². The Morgan fingerprint density at radius 1 is 1.21 bits per heavy atom. The van der Waals surface area contributed by atoms with Crippen molar-refractivity contribution in [3.63, 3.8) is 0 Å². The van der Waals surface area contributed by atoms with Crippen LogP contribution in [0.4, 0.5) is 0 Å². The van der Waals surface area contributed by atoms with Gasteiger partial charge in [0, 0.05) is 55.5 Å². The second-order valence-corrected chi connectivity index (χ2v) is 6.39. The van der Waals surface area contributed by atoms with Gasteiger partial charge < -0.3 is 9.30 Å². The molecule has 1 fully saturated rings. The fourth-order valence-corrected chi connectivity index (χ4v) is 2.77. The van der Waals surface area contributed by atoms with Gasteiger partial charge in [0.1, 0.15) is 0 Å². The first-order valence-electron chi connectivity index (χ1n) is 9.17. The van der Waals surface area contributed by atoms with Crippen molar-refractivity contribution in [3.8, 4) is 0 Å². The Labute approximate surface area is 163 Å². The molecule has 7 nitrogen and oxygen atoms in total. The van der Waals surface area contributed by atoms with Crippen LogP contribution in [-0.4, -0.2) is 34.1 Å². The van der Waals surface area contributed by atoms with Crippen molar-refractivity contribution in [1.29, 1.82) is 0 Å². The molecular formula is C21H23N3O4. The Bertz CT molecular complexity index is 865. The average Bonchev–Trinajstić information content (AvgIpc) is 3.09. The molecule has 0 saturated carbocycles. The lowest BCUT2D eigenvalue weighted by atomic mass is 10.2. The lowest BCUT2D eigenvalue weighted by molar-refractivity contribution is -0.198. The smallest absolute Gasteiger partial charge is 0.267 e. The summed E-state index contributed by atoms with van der Waals surface area (Å²) < 4.78 is 7.26. The van der Waals surface area contributed by atoms with Crippen LogP contribution in [0.5, 0.6) is 0 Å². The van der Waals surface area contributed by atoms with Crippen LogP contribution in [0.25, 0.3) is 12.2 Å². The summed E-state index contributed by atoms with van der Waals surface area (Å²) >= 11 is 0. The van der Waals surface area contributed by atoms with E-state index in [0.29, 0.717) is 12.2 Å². The maximum atomic E-state index is 12.1. The number of nitrogens with zero attached hydrogens (tertiary/aromatic N) is 2. The highest BCUT2D eigenvalue weighted by molar-refractivity contribution is 6.06. The molecule has 146 valence electrons. The van der Waals surface area contributed by atoms with Gasteiger partial charge in [0.2, 0.25) is 0 Å². The highest BCUT2D eigenvalue weighted by atomic mass is 16.8. The molecule has 0 aromatic carbocycles. The van der Waals surface area contributed by atoms with Gasteiger partial charge in [-0.1, -0.05) is 0 Å². The van der Waals surface area contributed by atoms with E-state index in [4.69, 9.17) is 9.57 Å². The monoisotopic (exact) mass is 381 g/mol. The lowest BCUT2D eigenvalue weighted by Gasteiger charge is -2.21. The van der Waals surface area contributed by atoms with Crippen molar-refractivity contribution in [2.75, 3.05) is 6.61 Å². The van der Waals surface area contributed by atoms with Gasteiger partial charge in [-0.3, -0.25) is 14.6 Å². The molecule has 0 radical (unpaired) electrons. The molecule has 3 rings (SSSR count). The molecule has 1 amide bonds. The van der Waals surface area contributed by atoms with Crippen molar-refractivity contribution >= 4 is 23.8 Å². The molecule has 3 heterocycles. The van der Waals surface area contributed by atoms with Gasteiger partial charge >= 0.3 is 0 Å². The number of rotatable bonds is 7. The third kappa shape index (κ3) is 5.48. The van der Waals surface area contributed by atoms with Crippen LogP contribution in [0.15, 0.2) is 48.8 Å². The number of hydroxylamine groups is 1. The van der Waals surface area contributed by atoms with Gasteiger partial charge in [-0.2, -0.15) is 0 Å². The maximum Gasteiger partial charge on any atom is 0.267 e. The minimum atomic E-state index is -0.379. The molecule has 1 saturated heterocycles. The van der Waals surface area contributed by atoms with Crippen LogP contribution in [0, 0.1) is 0 Å². The number of ether oxygens (including phenoxy) is 1. The molecule has 1 N–H and O–H groups in total. The molecule has 1 unspecified atom stereocenters. The maximum absolute atomic E-state index is 12.1. The van der Waals surface area contributed by atoms with E-state index in [9.17, 15) is 9.59 Å². The van der Waals surface area contributed by atoms with E-state index in [-0.39, 0.29) is 18.0 Å². The summed E-state index contributed by atoms with van der Waals surface area (Å²) in [5, 5.41) is 0.